The molecule has 0 radical (unpaired) electrons. The molecule has 0 unspecified atom stereocenters. The summed E-state index contributed by atoms with van der Waals surface area (Å²) in [6.45, 7) is 3.38. The van der Waals surface area contributed by atoms with Gasteiger partial charge in [0.1, 0.15) is 0 Å². The molecule has 1 aliphatic carbocycles. The van der Waals surface area contributed by atoms with Gasteiger partial charge in [-0.15, -0.1) is 0 Å². The minimum absolute atomic E-state index is 0.0460. The number of rotatable bonds is 1. The second kappa shape index (κ2) is 2.55. The Bertz CT molecular complexity index is 401. The van der Waals surface area contributed by atoms with E-state index in [4.69, 9.17) is 0 Å². The highest BCUT2D eigenvalue weighted by Gasteiger charge is 2.27. The fraction of sp³-hybridized carbons (Fsp3) is 0.400. The molecule has 2 rings (SSSR count). The Hall–Kier alpha value is -1.38. The van der Waals surface area contributed by atoms with Crippen LogP contribution >= 0.6 is 0 Å². The van der Waals surface area contributed by atoms with E-state index in [0.717, 1.165) is 16.8 Å². The van der Waals surface area contributed by atoms with Crippen molar-refractivity contribution < 1.29 is 9.59 Å². The lowest BCUT2D eigenvalue weighted by atomic mass is 10.1. The molecule has 0 amide bonds. The van der Waals surface area contributed by atoms with Crippen molar-refractivity contribution in [1.29, 1.82) is 0 Å². The summed E-state index contributed by atoms with van der Waals surface area (Å²) < 4.78 is 0. The first-order valence-electron chi connectivity index (χ1n) is 4.37. The first-order valence-corrected chi connectivity index (χ1v) is 4.37. The van der Waals surface area contributed by atoms with Crippen molar-refractivity contribution >= 4 is 11.6 Å². The van der Waals surface area contributed by atoms with Crippen molar-refractivity contribution in [2.75, 3.05) is 0 Å². The van der Waals surface area contributed by atoms with Gasteiger partial charge in [-0.2, -0.15) is 0 Å². The minimum atomic E-state index is 0.0460. The zero-order chi connectivity index (χ0) is 9.59. The molecule has 1 aromatic heterocycles. The number of carbonyl (C=O) groups excluding carboxylic acids is 2. The molecule has 1 aliphatic rings. The van der Waals surface area contributed by atoms with Crippen LogP contribution in [-0.2, 0) is 6.42 Å². The standard InChI is InChI=1S/C10H11NO2/c1-5-9(6(2)12)7-3-4-8(13)10(7)11-5/h11H,3-4H2,1-2H3. The minimum Gasteiger partial charge on any atom is -0.355 e. The van der Waals surface area contributed by atoms with Crippen molar-refractivity contribution in [1.82, 2.24) is 4.98 Å². The van der Waals surface area contributed by atoms with E-state index < -0.39 is 0 Å². The van der Waals surface area contributed by atoms with Crippen molar-refractivity contribution in [3.8, 4) is 0 Å². The van der Waals surface area contributed by atoms with Gasteiger partial charge in [0.05, 0.1) is 5.69 Å². The molecule has 3 heteroatoms. The van der Waals surface area contributed by atoms with Gasteiger partial charge in [0.15, 0.2) is 11.6 Å². The third kappa shape index (κ3) is 1.03. The lowest BCUT2D eigenvalue weighted by Gasteiger charge is -1.95. The molecule has 0 aliphatic heterocycles. The quantitative estimate of drug-likeness (QED) is 0.663. The van der Waals surface area contributed by atoms with Gasteiger partial charge in [0, 0.05) is 17.7 Å². The van der Waals surface area contributed by atoms with Crippen LogP contribution in [0.1, 0.15) is 45.4 Å². The Kier molecular flexibility index (Phi) is 1.62. The molecule has 1 aromatic rings. The summed E-state index contributed by atoms with van der Waals surface area (Å²) >= 11 is 0. The smallest absolute Gasteiger partial charge is 0.179 e. The number of ketones is 2. The van der Waals surface area contributed by atoms with Crippen LogP contribution in [0, 0.1) is 6.92 Å². The number of hydrogen-bond acceptors (Lipinski definition) is 2. The van der Waals surface area contributed by atoms with E-state index in [-0.39, 0.29) is 11.6 Å². The maximum Gasteiger partial charge on any atom is 0.179 e. The van der Waals surface area contributed by atoms with Gasteiger partial charge < -0.3 is 4.98 Å². The van der Waals surface area contributed by atoms with E-state index in [9.17, 15) is 9.59 Å². The molecule has 0 bridgehead atoms. The van der Waals surface area contributed by atoms with E-state index in [2.05, 4.69) is 4.98 Å². The van der Waals surface area contributed by atoms with Crippen LogP contribution in [0.15, 0.2) is 0 Å². The van der Waals surface area contributed by atoms with Crippen LogP contribution in [-0.4, -0.2) is 16.6 Å². The van der Waals surface area contributed by atoms with Gasteiger partial charge in [-0.25, -0.2) is 0 Å². The highest BCUT2D eigenvalue weighted by atomic mass is 16.1. The fourth-order valence-corrected chi connectivity index (χ4v) is 2.00. The van der Waals surface area contributed by atoms with Gasteiger partial charge in [0.2, 0.25) is 0 Å². The van der Waals surface area contributed by atoms with Crippen molar-refractivity contribution in [3.63, 3.8) is 0 Å². The van der Waals surface area contributed by atoms with Gasteiger partial charge in [-0.1, -0.05) is 0 Å². The van der Waals surface area contributed by atoms with Gasteiger partial charge in [-0.3, -0.25) is 9.59 Å². The predicted molar refractivity (Wildman–Crippen MR) is 48.2 cm³/mol. The Morgan fingerprint density at radius 2 is 2.08 bits per heavy atom. The molecule has 0 saturated carbocycles. The topological polar surface area (TPSA) is 49.9 Å². The van der Waals surface area contributed by atoms with E-state index in [1.54, 1.807) is 6.92 Å². The number of hydrogen-bond donors (Lipinski definition) is 1. The number of Topliss-reactive ketones (excluding diaryl/α,β-unsaturated/α-hetero) is 2. The average Bonchev–Trinajstić information content (AvgIpc) is 2.51. The molecular formula is C10H11NO2. The highest BCUT2D eigenvalue weighted by Crippen LogP contribution is 2.27. The van der Waals surface area contributed by atoms with Crippen LogP contribution in [0.2, 0.25) is 0 Å². The summed E-state index contributed by atoms with van der Waals surface area (Å²) in [7, 11) is 0. The summed E-state index contributed by atoms with van der Waals surface area (Å²) in [5, 5.41) is 0. The molecule has 0 fully saturated rings. The van der Waals surface area contributed by atoms with Gasteiger partial charge in [-0.05, 0) is 25.8 Å². The molecule has 68 valence electrons. The molecule has 0 spiro atoms. The zero-order valence-electron chi connectivity index (χ0n) is 7.73. The SMILES string of the molecule is CC(=O)c1c(C)[nH]c2c1CCC2=O. The second-order valence-electron chi connectivity index (χ2n) is 3.46. The molecule has 0 saturated heterocycles. The molecular weight excluding hydrogens is 166 g/mol. The van der Waals surface area contributed by atoms with Crippen molar-refractivity contribution in [2.45, 2.75) is 26.7 Å². The predicted octanol–water partition coefficient (Wildman–Crippen LogP) is 1.65. The number of fused-ring (bicyclic) bond motifs is 1. The largest absolute Gasteiger partial charge is 0.355 e. The zero-order valence-corrected chi connectivity index (χ0v) is 7.73. The number of aromatic nitrogens is 1. The average molecular weight is 177 g/mol. The molecule has 3 nitrogen and oxygen atoms in total. The Balaban J connectivity index is 2.65. The van der Waals surface area contributed by atoms with Gasteiger partial charge in [0.25, 0.3) is 0 Å². The maximum absolute atomic E-state index is 11.3. The summed E-state index contributed by atoms with van der Waals surface area (Å²) in [5.41, 5.74) is 3.13. The Labute approximate surface area is 76.1 Å². The maximum atomic E-state index is 11.3. The third-order valence-electron chi connectivity index (χ3n) is 2.52. The first kappa shape index (κ1) is 8.23. The Morgan fingerprint density at radius 3 is 2.69 bits per heavy atom. The monoisotopic (exact) mass is 177 g/mol. The van der Waals surface area contributed by atoms with Crippen LogP contribution in [0.4, 0.5) is 0 Å². The normalized spacial score (nSPS) is 14.8. The molecule has 0 atom stereocenters. The summed E-state index contributed by atoms with van der Waals surface area (Å²) in [6, 6.07) is 0. The summed E-state index contributed by atoms with van der Waals surface area (Å²) in [6.07, 6.45) is 1.26. The summed E-state index contributed by atoms with van der Waals surface area (Å²) in [4.78, 5) is 25.6. The number of aromatic amines is 1. The third-order valence-corrected chi connectivity index (χ3v) is 2.52. The Morgan fingerprint density at radius 1 is 1.38 bits per heavy atom. The van der Waals surface area contributed by atoms with Gasteiger partial charge >= 0.3 is 0 Å². The lowest BCUT2D eigenvalue weighted by molar-refractivity contribution is 0.0986. The van der Waals surface area contributed by atoms with Crippen LogP contribution in [0.5, 0.6) is 0 Å². The molecule has 1 N–H and O–H groups in total. The number of aryl methyl sites for hydroxylation is 1. The van der Waals surface area contributed by atoms with Crippen LogP contribution < -0.4 is 0 Å². The molecule has 0 aromatic carbocycles. The van der Waals surface area contributed by atoms with E-state index in [0.29, 0.717) is 18.5 Å². The van der Waals surface area contributed by atoms with E-state index in [1.165, 1.54) is 0 Å². The lowest BCUT2D eigenvalue weighted by Crippen LogP contribution is -1.96. The van der Waals surface area contributed by atoms with Crippen molar-refractivity contribution in [2.24, 2.45) is 0 Å². The first-order chi connectivity index (χ1) is 6.11. The van der Waals surface area contributed by atoms with Crippen molar-refractivity contribution in [3.05, 3.63) is 22.5 Å². The van der Waals surface area contributed by atoms with E-state index >= 15 is 0 Å². The number of nitrogens with one attached hydrogen (secondary N) is 1. The van der Waals surface area contributed by atoms with Crippen LogP contribution in [0.3, 0.4) is 0 Å². The van der Waals surface area contributed by atoms with Crippen LogP contribution in [0.25, 0.3) is 0 Å². The number of H-pyrrole nitrogens is 1. The fourth-order valence-electron chi connectivity index (χ4n) is 2.00. The second-order valence-corrected chi connectivity index (χ2v) is 3.46. The highest BCUT2D eigenvalue weighted by molar-refractivity contribution is 6.05. The number of carbonyl (C=O) groups is 2. The molecule has 13 heavy (non-hydrogen) atoms. The molecule has 1 heterocycles. The summed E-state index contributed by atoms with van der Waals surface area (Å²) in [5.74, 6) is 0.176. The van der Waals surface area contributed by atoms with E-state index in [1.807, 2.05) is 6.92 Å².